The van der Waals surface area contributed by atoms with Crippen LogP contribution in [0.15, 0.2) is 30.3 Å². The lowest BCUT2D eigenvalue weighted by atomic mass is 10.0. The summed E-state index contributed by atoms with van der Waals surface area (Å²) < 4.78 is 5.25. The first-order valence-corrected chi connectivity index (χ1v) is 8.76. The molecule has 132 valence electrons. The summed E-state index contributed by atoms with van der Waals surface area (Å²) in [6.45, 7) is 2.24. The van der Waals surface area contributed by atoms with Crippen molar-refractivity contribution in [1.29, 1.82) is 0 Å². The van der Waals surface area contributed by atoms with Gasteiger partial charge in [0.25, 0.3) is 0 Å². The van der Waals surface area contributed by atoms with E-state index < -0.39 is 6.04 Å². The molecule has 1 aromatic rings. The maximum Gasteiger partial charge on any atom is 0.328 e. The van der Waals surface area contributed by atoms with Crippen LogP contribution >= 0.6 is 12.4 Å². The topological polar surface area (TPSA) is 52.3 Å². The average molecular weight is 342 g/mol. The molecule has 0 aromatic heterocycles. The van der Waals surface area contributed by atoms with Gasteiger partial charge in [-0.25, -0.2) is 4.79 Å². The summed E-state index contributed by atoms with van der Waals surface area (Å²) in [5.41, 5.74) is 5.89. The van der Waals surface area contributed by atoms with Crippen molar-refractivity contribution in [2.45, 2.75) is 77.2 Å². The zero-order chi connectivity index (χ0) is 16.0. The minimum Gasteiger partial charge on any atom is -0.425 e. The molecule has 1 aromatic carbocycles. The van der Waals surface area contributed by atoms with Gasteiger partial charge in [-0.05, 0) is 18.6 Å². The fourth-order valence-corrected chi connectivity index (χ4v) is 2.47. The van der Waals surface area contributed by atoms with E-state index in [-0.39, 0.29) is 18.4 Å². The first-order valence-electron chi connectivity index (χ1n) is 8.76. The summed E-state index contributed by atoms with van der Waals surface area (Å²) in [7, 11) is 0. The van der Waals surface area contributed by atoms with Crippen LogP contribution < -0.4 is 10.5 Å². The number of hydrogen-bond donors (Lipinski definition) is 1. The van der Waals surface area contributed by atoms with E-state index in [0.29, 0.717) is 12.2 Å². The molecule has 3 nitrogen and oxygen atoms in total. The molecular formula is C19H32ClNO2. The molecule has 1 atom stereocenters. The molecule has 0 saturated carbocycles. The van der Waals surface area contributed by atoms with E-state index in [0.717, 1.165) is 12.8 Å². The zero-order valence-electron chi connectivity index (χ0n) is 14.3. The van der Waals surface area contributed by atoms with Crippen molar-refractivity contribution in [3.05, 3.63) is 30.3 Å². The van der Waals surface area contributed by atoms with E-state index in [1.807, 2.05) is 18.2 Å². The first-order chi connectivity index (χ1) is 10.7. The van der Waals surface area contributed by atoms with Gasteiger partial charge in [-0.15, -0.1) is 12.4 Å². The van der Waals surface area contributed by atoms with E-state index in [1.165, 1.54) is 44.9 Å². The monoisotopic (exact) mass is 341 g/mol. The lowest BCUT2D eigenvalue weighted by Crippen LogP contribution is -2.34. The Labute approximate surface area is 147 Å². The van der Waals surface area contributed by atoms with Crippen molar-refractivity contribution in [3.8, 4) is 5.75 Å². The molecule has 23 heavy (non-hydrogen) atoms. The number of esters is 1. The summed E-state index contributed by atoms with van der Waals surface area (Å²) in [5.74, 6) is 0.237. The number of nitrogens with two attached hydrogens (primary N) is 1. The van der Waals surface area contributed by atoms with Gasteiger partial charge in [0, 0.05) is 0 Å². The predicted octanol–water partition coefficient (Wildman–Crippen LogP) is 5.26. The second kappa shape index (κ2) is 14.5. The van der Waals surface area contributed by atoms with Crippen molar-refractivity contribution in [1.82, 2.24) is 0 Å². The van der Waals surface area contributed by atoms with Gasteiger partial charge in [-0.1, -0.05) is 82.9 Å². The quantitative estimate of drug-likeness (QED) is 0.320. The summed E-state index contributed by atoms with van der Waals surface area (Å²) in [4.78, 5) is 11.8. The zero-order valence-corrected chi connectivity index (χ0v) is 15.2. The average Bonchev–Trinajstić information content (AvgIpc) is 2.54. The molecule has 0 aliphatic heterocycles. The van der Waals surface area contributed by atoms with Gasteiger partial charge in [0.05, 0.1) is 0 Å². The third-order valence-electron chi connectivity index (χ3n) is 3.88. The van der Waals surface area contributed by atoms with Gasteiger partial charge in [-0.2, -0.15) is 0 Å². The first kappa shape index (κ1) is 21.9. The van der Waals surface area contributed by atoms with Crippen LogP contribution in [0.1, 0.15) is 71.1 Å². The molecule has 1 unspecified atom stereocenters. The molecule has 0 aliphatic carbocycles. The lowest BCUT2D eigenvalue weighted by Gasteiger charge is -2.11. The smallest absolute Gasteiger partial charge is 0.328 e. The normalized spacial score (nSPS) is 11.6. The number of ether oxygens (including phenoxy) is 1. The van der Waals surface area contributed by atoms with E-state index in [9.17, 15) is 4.79 Å². The van der Waals surface area contributed by atoms with Crippen LogP contribution in [0.3, 0.4) is 0 Å². The lowest BCUT2D eigenvalue weighted by molar-refractivity contribution is -0.136. The molecule has 0 spiro atoms. The highest BCUT2D eigenvalue weighted by molar-refractivity contribution is 5.85. The second-order valence-corrected chi connectivity index (χ2v) is 5.96. The summed E-state index contributed by atoms with van der Waals surface area (Å²) in [5, 5.41) is 0. The molecule has 0 fully saturated rings. The van der Waals surface area contributed by atoms with E-state index in [4.69, 9.17) is 10.5 Å². The van der Waals surface area contributed by atoms with Crippen LogP contribution in [0.5, 0.6) is 5.75 Å². The number of para-hydroxylation sites is 1. The Hall–Kier alpha value is -1.06. The molecular weight excluding hydrogens is 310 g/mol. The third kappa shape index (κ3) is 11.2. The molecule has 2 N–H and O–H groups in total. The Bertz CT molecular complexity index is 398. The van der Waals surface area contributed by atoms with Crippen molar-refractivity contribution in [2.24, 2.45) is 5.73 Å². The number of unbranched alkanes of at least 4 members (excludes halogenated alkanes) is 8. The van der Waals surface area contributed by atoms with Crippen LogP contribution in [-0.4, -0.2) is 12.0 Å². The van der Waals surface area contributed by atoms with E-state index >= 15 is 0 Å². The standard InChI is InChI=1S/C19H31NO2.ClH/c1-2-3-4-5-6-7-8-9-13-16-18(20)19(21)22-17-14-11-10-12-15-17;/h10-12,14-15,18H,2-9,13,16,20H2,1H3;1H. The SMILES string of the molecule is CCCCCCCCCCCC(N)C(=O)Oc1ccccc1.Cl. The van der Waals surface area contributed by atoms with Crippen LogP contribution in [-0.2, 0) is 4.79 Å². The molecule has 0 amide bonds. The fourth-order valence-electron chi connectivity index (χ4n) is 2.47. The molecule has 0 aliphatic rings. The summed E-state index contributed by atoms with van der Waals surface area (Å²) in [6.07, 6.45) is 12.1. The Morgan fingerprint density at radius 3 is 2.04 bits per heavy atom. The predicted molar refractivity (Wildman–Crippen MR) is 99.1 cm³/mol. The van der Waals surface area contributed by atoms with Crippen LogP contribution in [0.4, 0.5) is 0 Å². The van der Waals surface area contributed by atoms with Gasteiger partial charge in [0.15, 0.2) is 0 Å². The van der Waals surface area contributed by atoms with Crippen LogP contribution in [0, 0.1) is 0 Å². The number of carbonyl (C=O) groups excluding carboxylic acids is 1. The molecule has 0 radical (unpaired) electrons. The second-order valence-electron chi connectivity index (χ2n) is 5.96. The van der Waals surface area contributed by atoms with Gasteiger partial charge in [0.1, 0.15) is 11.8 Å². The minimum atomic E-state index is -0.509. The number of halogens is 1. The molecule has 0 bridgehead atoms. The number of hydrogen-bond acceptors (Lipinski definition) is 3. The summed E-state index contributed by atoms with van der Waals surface area (Å²) >= 11 is 0. The highest BCUT2D eigenvalue weighted by Crippen LogP contribution is 2.13. The molecule has 0 heterocycles. The Balaban J connectivity index is 0.00000484. The molecule has 1 rings (SSSR count). The van der Waals surface area contributed by atoms with Crippen molar-refractivity contribution in [2.75, 3.05) is 0 Å². The number of benzene rings is 1. The Kier molecular flexibility index (Phi) is 13.9. The van der Waals surface area contributed by atoms with Crippen molar-refractivity contribution in [3.63, 3.8) is 0 Å². The molecule has 4 heteroatoms. The Morgan fingerprint density at radius 1 is 0.957 bits per heavy atom. The molecule has 0 saturated heterocycles. The largest absolute Gasteiger partial charge is 0.425 e. The number of rotatable bonds is 12. The highest BCUT2D eigenvalue weighted by Gasteiger charge is 2.15. The Morgan fingerprint density at radius 2 is 1.48 bits per heavy atom. The third-order valence-corrected chi connectivity index (χ3v) is 3.88. The number of carbonyl (C=O) groups is 1. The van der Waals surface area contributed by atoms with Crippen LogP contribution in [0.25, 0.3) is 0 Å². The highest BCUT2D eigenvalue weighted by atomic mass is 35.5. The van der Waals surface area contributed by atoms with E-state index in [2.05, 4.69) is 6.92 Å². The summed E-state index contributed by atoms with van der Waals surface area (Å²) in [6, 6.07) is 8.60. The minimum absolute atomic E-state index is 0. The van der Waals surface area contributed by atoms with Gasteiger partial charge in [-0.3, -0.25) is 0 Å². The van der Waals surface area contributed by atoms with Crippen molar-refractivity contribution < 1.29 is 9.53 Å². The van der Waals surface area contributed by atoms with Gasteiger partial charge < -0.3 is 10.5 Å². The maximum atomic E-state index is 11.8. The van der Waals surface area contributed by atoms with Crippen LogP contribution in [0.2, 0.25) is 0 Å². The van der Waals surface area contributed by atoms with E-state index in [1.54, 1.807) is 12.1 Å². The van der Waals surface area contributed by atoms with Crippen molar-refractivity contribution >= 4 is 18.4 Å². The van der Waals surface area contributed by atoms with Gasteiger partial charge >= 0.3 is 5.97 Å². The fraction of sp³-hybridized carbons (Fsp3) is 0.632. The van der Waals surface area contributed by atoms with Gasteiger partial charge in [0.2, 0.25) is 0 Å². The maximum absolute atomic E-state index is 11.8.